The quantitative estimate of drug-likeness (QED) is 0.381. The van der Waals surface area contributed by atoms with E-state index in [2.05, 4.69) is 5.32 Å². The van der Waals surface area contributed by atoms with E-state index in [0.29, 0.717) is 13.0 Å². The third-order valence-corrected chi connectivity index (χ3v) is 7.34. The van der Waals surface area contributed by atoms with E-state index in [0.717, 1.165) is 46.3 Å². The molecule has 2 rings (SSSR count). The van der Waals surface area contributed by atoms with E-state index in [1.165, 1.54) is 11.0 Å². The Labute approximate surface area is 223 Å². The minimum atomic E-state index is -4.63. The Morgan fingerprint density at radius 3 is 2.32 bits per heavy atom. The zero-order valence-electron chi connectivity index (χ0n) is 22.2. The molecule has 0 spiro atoms. The maximum absolute atomic E-state index is 13.4. The molecule has 0 unspecified atom stereocenters. The molecule has 38 heavy (non-hydrogen) atoms. The lowest BCUT2D eigenvalue weighted by molar-refractivity contribution is -0.141. The standard InChI is InChI=1S/C27H36F3N3O4S/c1-5-16-31-26(35)24(6-2)32(19-21-12-8-7-11-20(21)3)25(34)15-10-17-33(38(4,36)37)23-14-9-13-22(18-23)27(28,29)30/h7-9,11-14,18,24H,5-6,10,15-17,19H2,1-4H3,(H,31,35)/t24-/m1/s1. The van der Waals surface area contributed by atoms with Crippen LogP contribution in [0.15, 0.2) is 48.5 Å². The molecule has 0 saturated carbocycles. The topological polar surface area (TPSA) is 86.8 Å². The van der Waals surface area contributed by atoms with Crippen LogP contribution in [0.4, 0.5) is 18.9 Å². The van der Waals surface area contributed by atoms with Crippen molar-refractivity contribution in [3.63, 3.8) is 0 Å². The average Bonchev–Trinajstić information content (AvgIpc) is 2.85. The molecule has 2 aromatic carbocycles. The predicted molar refractivity (Wildman–Crippen MR) is 142 cm³/mol. The van der Waals surface area contributed by atoms with Crippen LogP contribution in [-0.4, -0.2) is 50.5 Å². The molecule has 0 fully saturated rings. The van der Waals surface area contributed by atoms with Gasteiger partial charge in [0.2, 0.25) is 21.8 Å². The molecule has 2 aromatic rings. The van der Waals surface area contributed by atoms with E-state index in [4.69, 9.17) is 0 Å². The van der Waals surface area contributed by atoms with Gasteiger partial charge in [0.25, 0.3) is 0 Å². The molecular weight excluding hydrogens is 519 g/mol. The van der Waals surface area contributed by atoms with E-state index < -0.39 is 27.8 Å². The van der Waals surface area contributed by atoms with Crippen LogP contribution in [0.25, 0.3) is 0 Å². The van der Waals surface area contributed by atoms with Crippen LogP contribution >= 0.6 is 0 Å². The van der Waals surface area contributed by atoms with Crippen molar-refractivity contribution in [2.75, 3.05) is 23.7 Å². The number of anilines is 1. The fraction of sp³-hybridized carbons (Fsp3) is 0.481. The van der Waals surface area contributed by atoms with E-state index in [1.54, 1.807) is 0 Å². The van der Waals surface area contributed by atoms with E-state index in [1.807, 2.05) is 45.0 Å². The van der Waals surface area contributed by atoms with Crippen molar-refractivity contribution in [2.45, 2.75) is 65.2 Å². The smallest absolute Gasteiger partial charge is 0.354 e. The fourth-order valence-electron chi connectivity index (χ4n) is 4.10. The summed E-state index contributed by atoms with van der Waals surface area (Å²) in [6.45, 7) is 6.13. The molecule has 210 valence electrons. The second kappa shape index (κ2) is 13.6. The number of rotatable bonds is 13. The van der Waals surface area contributed by atoms with Crippen molar-refractivity contribution in [3.05, 3.63) is 65.2 Å². The molecule has 11 heteroatoms. The zero-order chi connectivity index (χ0) is 28.5. The number of carbonyl (C=O) groups excluding carboxylic acids is 2. The summed E-state index contributed by atoms with van der Waals surface area (Å²) in [7, 11) is -3.92. The largest absolute Gasteiger partial charge is 0.416 e. The summed E-state index contributed by atoms with van der Waals surface area (Å²) in [5.41, 5.74) is 0.746. The highest BCUT2D eigenvalue weighted by atomic mass is 32.2. The normalized spacial score (nSPS) is 12.6. The summed E-state index contributed by atoms with van der Waals surface area (Å²) >= 11 is 0. The molecule has 0 aliphatic heterocycles. The molecule has 0 aromatic heterocycles. The molecule has 0 saturated heterocycles. The summed E-state index contributed by atoms with van der Waals surface area (Å²) in [6, 6.07) is 10.9. The van der Waals surface area contributed by atoms with Gasteiger partial charge in [-0.05, 0) is 55.5 Å². The number of hydrogen-bond acceptors (Lipinski definition) is 4. The lowest BCUT2D eigenvalue weighted by Crippen LogP contribution is -2.49. The van der Waals surface area contributed by atoms with Crippen LogP contribution in [0.3, 0.4) is 0 Å². The summed E-state index contributed by atoms with van der Waals surface area (Å²) in [5.74, 6) is -0.609. The van der Waals surface area contributed by atoms with Gasteiger partial charge in [0, 0.05) is 26.1 Å². The van der Waals surface area contributed by atoms with Gasteiger partial charge in [-0.25, -0.2) is 8.42 Å². The van der Waals surface area contributed by atoms with Gasteiger partial charge >= 0.3 is 6.18 Å². The van der Waals surface area contributed by atoms with Crippen molar-refractivity contribution in [1.82, 2.24) is 10.2 Å². The van der Waals surface area contributed by atoms with Crippen molar-refractivity contribution < 1.29 is 31.2 Å². The van der Waals surface area contributed by atoms with E-state index in [9.17, 15) is 31.2 Å². The number of benzene rings is 2. The van der Waals surface area contributed by atoms with Crippen molar-refractivity contribution in [1.29, 1.82) is 0 Å². The number of alkyl halides is 3. The van der Waals surface area contributed by atoms with Crippen LogP contribution in [0.1, 0.15) is 56.2 Å². The van der Waals surface area contributed by atoms with Crippen LogP contribution in [0.5, 0.6) is 0 Å². The highest BCUT2D eigenvalue weighted by molar-refractivity contribution is 7.92. The number of carbonyl (C=O) groups is 2. The van der Waals surface area contributed by atoms with Crippen molar-refractivity contribution in [2.24, 2.45) is 0 Å². The van der Waals surface area contributed by atoms with E-state index in [-0.39, 0.29) is 43.4 Å². The van der Waals surface area contributed by atoms with Gasteiger partial charge in [0.05, 0.1) is 17.5 Å². The molecule has 1 atom stereocenters. The average molecular weight is 556 g/mol. The Morgan fingerprint density at radius 1 is 1.05 bits per heavy atom. The predicted octanol–water partition coefficient (Wildman–Crippen LogP) is 4.89. The maximum Gasteiger partial charge on any atom is 0.416 e. The van der Waals surface area contributed by atoms with Crippen molar-refractivity contribution >= 4 is 27.5 Å². The highest BCUT2D eigenvalue weighted by Gasteiger charge is 2.32. The molecule has 0 bridgehead atoms. The molecule has 2 amide bonds. The Bertz CT molecular complexity index is 1200. The first-order valence-electron chi connectivity index (χ1n) is 12.6. The van der Waals surface area contributed by atoms with Crippen LogP contribution < -0.4 is 9.62 Å². The summed E-state index contributed by atoms with van der Waals surface area (Å²) in [5, 5.41) is 2.84. The fourth-order valence-corrected chi connectivity index (χ4v) is 5.06. The van der Waals surface area contributed by atoms with Gasteiger partial charge in [-0.3, -0.25) is 13.9 Å². The lowest BCUT2D eigenvalue weighted by Gasteiger charge is -2.31. The number of halogens is 3. The third kappa shape index (κ3) is 8.75. The number of sulfonamides is 1. The van der Waals surface area contributed by atoms with Gasteiger partial charge in [0.1, 0.15) is 6.04 Å². The SMILES string of the molecule is CCCNC(=O)[C@@H](CC)N(Cc1ccccc1C)C(=O)CCCN(c1cccc(C(F)(F)F)c1)S(C)(=O)=O. The van der Waals surface area contributed by atoms with Gasteiger partial charge < -0.3 is 10.2 Å². The third-order valence-electron chi connectivity index (χ3n) is 6.15. The van der Waals surface area contributed by atoms with Gasteiger partial charge in [-0.1, -0.05) is 44.2 Å². The number of hydrogen-bond donors (Lipinski definition) is 1. The first kappa shape index (κ1) is 31.1. The highest BCUT2D eigenvalue weighted by Crippen LogP contribution is 2.32. The molecular formula is C27H36F3N3O4S. The Kier molecular flexibility index (Phi) is 11.2. The van der Waals surface area contributed by atoms with Crippen molar-refractivity contribution in [3.8, 4) is 0 Å². The molecule has 0 aliphatic rings. The summed E-state index contributed by atoms with van der Waals surface area (Å²) in [6.07, 6.45) is -2.63. The summed E-state index contributed by atoms with van der Waals surface area (Å²) < 4.78 is 65.3. The zero-order valence-corrected chi connectivity index (χ0v) is 23.0. The minimum Gasteiger partial charge on any atom is -0.354 e. The van der Waals surface area contributed by atoms with Gasteiger partial charge in [-0.15, -0.1) is 0 Å². The molecule has 7 nitrogen and oxygen atoms in total. The number of amides is 2. The van der Waals surface area contributed by atoms with Gasteiger partial charge in [0.15, 0.2) is 0 Å². The Morgan fingerprint density at radius 2 is 1.74 bits per heavy atom. The molecule has 0 radical (unpaired) electrons. The van der Waals surface area contributed by atoms with E-state index >= 15 is 0 Å². The maximum atomic E-state index is 13.4. The summed E-state index contributed by atoms with van der Waals surface area (Å²) in [4.78, 5) is 27.8. The second-order valence-corrected chi connectivity index (χ2v) is 11.1. The van der Waals surface area contributed by atoms with Crippen LogP contribution in [-0.2, 0) is 32.3 Å². The lowest BCUT2D eigenvalue weighted by atomic mass is 10.1. The van der Waals surface area contributed by atoms with Gasteiger partial charge in [-0.2, -0.15) is 13.2 Å². The Balaban J connectivity index is 2.26. The van der Waals surface area contributed by atoms with Crippen LogP contribution in [0.2, 0.25) is 0 Å². The first-order chi connectivity index (χ1) is 17.8. The molecule has 1 N–H and O–H groups in total. The Hall–Kier alpha value is -3.08. The number of aryl methyl sites for hydroxylation is 1. The molecule has 0 aliphatic carbocycles. The number of nitrogens with one attached hydrogen (secondary N) is 1. The second-order valence-electron chi connectivity index (χ2n) is 9.15. The minimum absolute atomic E-state index is 0.0550. The number of nitrogens with zero attached hydrogens (tertiary/aromatic N) is 2. The molecule has 0 heterocycles. The van der Waals surface area contributed by atoms with Crippen LogP contribution in [0, 0.1) is 6.92 Å². The first-order valence-corrected chi connectivity index (χ1v) is 14.4. The monoisotopic (exact) mass is 555 g/mol.